The molecule has 0 aliphatic heterocycles. The third kappa shape index (κ3) is 31.6. The molecule has 4 heterocycles. The van der Waals surface area contributed by atoms with E-state index < -0.39 is 197 Å². The molecular weight excluding hydrogens is 1730 g/mol. The first-order valence-corrected chi connectivity index (χ1v) is 46.9. The molecule has 0 aliphatic carbocycles. The minimum absolute atomic E-state index is 0.00711. The molecule has 22 N–H and O–H groups in total. The molecule has 0 bridgehead atoms. The Labute approximate surface area is 788 Å². The number of nitrogens with one attached hydrogen (secondary N) is 19. The number of hydrogen-bond acceptors (Lipinski definition) is 17. The average Bonchev–Trinajstić information content (AvgIpc) is 1.63. The minimum Gasteiger partial charge on any atom is -0.395 e. The Morgan fingerprint density at radius 1 is 0.289 bits per heavy atom. The van der Waals surface area contributed by atoms with Gasteiger partial charge in [-0.05, 0) is 140 Å². The van der Waals surface area contributed by atoms with Crippen LogP contribution in [0.2, 0.25) is 0 Å². The number of fused-ring (bicyclic) bond motifs is 4. The Morgan fingerprint density at radius 2 is 0.578 bits per heavy atom. The summed E-state index contributed by atoms with van der Waals surface area (Å²) >= 11 is 0. The topological polar surface area (TPSA) is 546 Å². The summed E-state index contributed by atoms with van der Waals surface area (Å²) in [6.07, 6.45) is 7.05. The molecule has 0 aliphatic rings. The van der Waals surface area contributed by atoms with Gasteiger partial charge < -0.3 is 111 Å². The van der Waals surface area contributed by atoms with Gasteiger partial charge in [0.2, 0.25) is 88.6 Å². The van der Waals surface area contributed by atoms with Gasteiger partial charge in [0.15, 0.2) is 0 Å². The Hall–Kier alpha value is -13.0. The van der Waals surface area contributed by atoms with Crippen LogP contribution in [0, 0.1) is 53.3 Å². The van der Waals surface area contributed by atoms with Gasteiger partial charge in [-0.1, -0.05) is 184 Å². The van der Waals surface area contributed by atoms with Crippen LogP contribution < -0.4 is 85.5 Å². The first-order chi connectivity index (χ1) is 63.9. The fourth-order valence-corrected chi connectivity index (χ4v) is 16.1. The summed E-state index contributed by atoms with van der Waals surface area (Å²) < 4.78 is 0. The van der Waals surface area contributed by atoms with E-state index in [2.05, 4.69) is 99.7 Å². The molecule has 0 saturated heterocycles. The van der Waals surface area contributed by atoms with E-state index in [-0.39, 0.29) is 101 Å². The molecule has 0 radical (unpaired) electrons. The monoisotopic (exact) mass is 1870 g/mol. The molecule has 15 amide bonds. The third-order valence-electron chi connectivity index (χ3n) is 23.7. The Balaban J connectivity index is 0.992. The SMILES string of the molecule is CC(C)C[C@@H](NC(=O)[C@H](CNC(=O)[C@H](NC(=O)[C@@H](NC(=O)[C@H](NC(=O)[C@H](C)NC(=O)[C@@H](CC(C)C)NC(=O)[C@H](C)NC(=O)CNC(=O)[C@@H](N)C(C)C)C(C)C)C(C)C)C(C)C)Cc1c[nH]c2ccccc12)C(=O)N[C@@H](Cc1c[nH]c2ccccc12)C(=O)N[C@H](CC(C)C)C(=O)N[C@@H](Cc1c[nH]c2ccccc12)C(=O)N[C@H](CC(C)C)C(=O)N[C@@H](Cc1c[nH]c2ccccc12)C(=O)NCCO. The fourth-order valence-electron chi connectivity index (χ4n) is 16.1. The predicted molar refractivity (Wildman–Crippen MR) is 517 cm³/mol. The zero-order valence-electron chi connectivity index (χ0n) is 80.9. The number of aromatic nitrogens is 4. The maximum absolute atomic E-state index is 15.6. The number of aliphatic hydroxyl groups is 1. The summed E-state index contributed by atoms with van der Waals surface area (Å²) in [5.74, 6) is -14.6. The van der Waals surface area contributed by atoms with Crippen molar-refractivity contribution in [2.45, 2.75) is 255 Å². The number of nitrogens with two attached hydrogens (primary N) is 1. The normalized spacial score (nSPS) is 14.8. The van der Waals surface area contributed by atoms with Crippen molar-refractivity contribution >= 4 is 132 Å². The van der Waals surface area contributed by atoms with Gasteiger partial charge in [-0.2, -0.15) is 0 Å². The first-order valence-electron chi connectivity index (χ1n) is 46.9. The molecule has 8 aromatic rings. The van der Waals surface area contributed by atoms with Crippen LogP contribution in [-0.4, -0.2) is 218 Å². The van der Waals surface area contributed by atoms with Crippen LogP contribution >= 0.6 is 0 Å². The Bertz CT molecular complexity index is 5410. The molecule has 8 rings (SSSR count). The number of benzene rings is 4. The van der Waals surface area contributed by atoms with Gasteiger partial charge >= 0.3 is 0 Å². The summed E-state index contributed by atoms with van der Waals surface area (Å²) in [6, 6.07) is 13.4. The Morgan fingerprint density at radius 3 is 0.926 bits per heavy atom. The van der Waals surface area contributed by atoms with Crippen molar-refractivity contribution in [3.63, 3.8) is 0 Å². The van der Waals surface area contributed by atoms with Gasteiger partial charge in [-0.3, -0.25) is 71.9 Å². The summed E-state index contributed by atoms with van der Waals surface area (Å²) in [5.41, 5.74) is 11.6. The van der Waals surface area contributed by atoms with Crippen LogP contribution in [0.15, 0.2) is 122 Å². The zero-order chi connectivity index (χ0) is 99.4. The van der Waals surface area contributed by atoms with Crippen LogP contribution in [0.4, 0.5) is 0 Å². The summed E-state index contributed by atoms with van der Waals surface area (Å²) in [4.78, 5) is 229. The van der Waals surface area contributed by atoms with Crippen molar-refractivity contribution in [3.8, 4) is 0 Å². The van der Waals surface area contributed by atoms with Crippen LogP contribution in [0.3, 0.4) is 0 Å². The highest BCUT2D eigenvalue weighted by molar-refractivity contribution is 6.01. The number of amides is 15. The summed E-state index contributed by atoms with van der Waals surface area (Å²) in [6.45, 7) is 29.9. The van der Waals surface area contributed by atoms with Crippen LogP contribution in [-0.2, 0) is 97.6 Å². The van der Waals surface area contributed by atoms with Crippen molar-refractivity contribution in [2.75, 3.05) is 26.2 Å². The van der Waals surface area contributed by atoms with E-state index in [1.54, 1.807) is 80.2 Å². The first kappa shape index (κ1) is 107. The second-order valence-corrected chi connectivity index (χ2v) is 38.4. The Kier molecular flexibility index (Phi) is 40.5. The predicted octanol–water partition coefficient (Wildman–Crippen LogP) is 4.83. The highest BCUT2D eigenvalue weighted by Gasteiger charge is 2.40. The van der Waals surface area contributed by atoms with Gasteiger partial charge in [0.05, 0.1) is 25.1 Å². The molecule has 135 heavy (non-hydrogen) atoms. The van der Waals surface area contributed by atoms with E-state index in [1.807, 2.05) is 152 Å². The third-order valence-corrected chi connectivity index (χ3v) is 23.7. The lowest BCUT2D eigenvalue weighted by Gasteiger charge is -2.30. The second kappa shape index (κ2) is 50.9. The van der Waals surface area contributed by atoms with Gasteiger partial charge in [-0.15, -0.1) is 0 Å². The highest BCUT2D eigenvalue weighted by atomic mass is 16.3. The maximum atomic E-state index is 15.6. The number of hydrogen-bond donors (Lipinski definition) is 21. The van der Waals surface area contributed by atoms with Crippen LogP contribution in [0.25, 0.3) is 43.6 Å². The lowest BCUT2D eigenvalue weighted by molar-refractivity contribution is -0.136. The number of rotatable bonds is 52. The molecular formula is C99H142N20O16. The lowest BCUT2D eigenvalue weighted by atomic mass is 9.95. The number of carbonyl (C=O) groups excluding carboxylic acids is 15. The molecule has 14 atom stereocenters. The summed E-state index contributed by atoms with van der Waals surface area (Å²) in [5, 5.41) is 54.5. The number of aliphatic hydroxyl groups excluding tert-OH is 1. The van der Waals surface area contributed by atoms with Crippen LogP contribution in [0.5, 0.6) is 0 Å². The highest BCUT2D eigenvalue weighted by Crippen LogP contribution is 2.27. The molecule has 0 spiro atoms. The average molecular weight is 1870 g/mol. The van der Waals surface area contributed by atoms with Gasteiger partial charge in [0.1, 0.15) is 72.5 Å². The molecule has 0 saturated carbocycles. The van der Waals surface area contributed by atoms with Gasteiger partial charge in [0.25, 0.3) is 0 Å². The smallest absolute Gasteiger partial charge is 0.243 e. The molecule has 4 aromatic heterocycles. The number of carbonyl (C=O) groups is 15. The van der Waals surface area contributed by atoms with E-state index in [0.717, 1.165) is 49.2 Å². The molecule has 0 unspecified atom stereocenters. The van der Waals surface area contributed by atoms with E-state index in [4.69, 9.17) is 5.73 Å². The summed E-state index contributed by atoms with van der Waals surface area (Å²) in [7, 11) is 0. The molecule has 36 heteroatoms. The van der Waals surface area contributed by atoms with E-state index >= 15 is 24.0 Å². The van der Waals surface area contributed by atoms with E-state index in [0.29, 0.717) is 16.7 Å². The van der Waals surface area contributed by atoms with Crippen LogP contribution in [0.1, 0.15) is 173 Å². The molecule has 4 aromatic carbocycles. The number of para-hydroxylation sites is 4. The van der Waals surface area contributed by atoms with Crippen molar-refractivity contribution < 1.29 is 77.0 Å². The largest absolute Gasteiger partial charge is 0.395 e. The number of aromatic amines is 4. The molecule has 36 nitrogen and oxygen atoms in total. The van der Waals surface area contributed by atoms with Crippen molar-refractivity contribution in [1.82, 2.24) is 99.7 Å². The standard InChI is InChI=1S/C99H142N20O16/c1-51(2)37-74(110-86(122)59(17)108-81(121)50-107-96(132)82(100)55(9)10)90(126)109-60(18)87(123)117-84(57(13)14)98(134)119-85(58(15)16)99(135)118-83(56(11)12)97(133)106-49-65(41-61-45-102-70-31-23-19-27-66(61)70)88(124)111-75(38-52(3)4)91(127)115-79(43-63-47-104-72-33-25-21-29-68(63)72)94(130)113-77(40-54(7)8)93(129)116-80(44-64-48-105-73-34-26-22-30-69(64)73)95(131)112-76(39-53(5)6)92(128)114-78(89(125)101-35-36-120)42-62-46-103-71-32-24-20-28-67(62)71/h19-34,45-48,51-60,65,74-80,82-85,102-105,120H,35-44,49-50,100H2,1-18H3,(H,101,125)(H,106,133)(H,107,132)(H,108,121)(H,109,126)(H,110,122)(H,111,124)(H,112,131)(H,113,130)(H,114,128)(H,115,127)(H,116,129)(H,117,123)(H,118,135)(H,119,134)/t59-,60-,65-,74+,75+,76+,77+,78-,79-,80-,82-,83+,84+,85-/m0/s1. The zero-order valence-corrected chi connectivity index (χ0v) is 80.9. The van der Waals surface area contributed by atoms with Gasteiger partial charge in [-0.25, -0.2) is 0 Å². The van der Waals surface area contributed by atoms with E-state index in [1.165, 1.54) is 13.8 Å². The number of H-pyrrole nitrogens is 4. The van der Waals surface area contributed by atoms with Gasteiger partial charge in [0, 0.05) is 101 Å². The molecule has 0 fully saturated rings. The van der Waals surface area contributed by atoms with E-state index in [9.17, 15) is 53.1 Å². The van der Waals surface area contributed by atoms with Crippen molar-refractivity contribution in [3.05, 3.63) is 144 Å². The maximum Gasteiger partial charge on any atom is 0.243 e. The quantitative estimate of drug-likeness (QED) is 0.0243. The minimum atomic E-state index is -1.44. The second-order valence-electron chi connectivity index (χ2n) is 38.4. The lowest BCUT2D eigenvalue weighted by Crippen LogP contribution is -2.61. The molecule has 734 valence electrons. The van der Waals surface area contributed by atoms with Crippen molar-refractivity contribution in [2.24, 2.45) is 59.0 Å². The van der Waals surface area contributed by atoms with Crippen molar-refractivity contribution in [1.29, 1.82) is 0 Å². The fraction of sp³-hybridized carbons (Fsp3) is 0.525.